The number of nitrogens with one attached hydrogen (secondary N) is 1. The van der Waals surface area contributed by atoms with Gasteiger partial charge in [-0.2, -0.15) is 11.8 Å². The summed E-state index contributed by atoms with van der Waals surface area (Å²) in [6.45, 7) is 3.13. The highest BCUT2D eigenvalue weighted by Crippen LogP contribution is 2.21. The molecule has 1 aromatic carbocycles. The van der Waals surface area contributed by atoms with Gasteiger partial charge in [-0.3, -0.25) is 0 Å². The molecule has 0 radical (unpaired) electrons. The predicted molar refractivity (Wildman–Crippen MR) is 78.4 cm³/mol. The van der Waals surface area contributed by atoms with Crippen LogP contribution in [0.4, 0.5) is 4.39 Å². The normalized spacial score (nSPS) is 12.4. The van der Waals surface area contributed by atoms with Crippen molar-refractivity contribution in [2.24, 2.45) is 0 Å². The Morgan fingerprint density at radius 2 is 2.21 bits per heavy atom. The van der Waals surface area contributed by atoms with Crippen molar-refractivity contribution in [3.8, 4) is 5.75 Å². The van der Waals surface area contributed by atoms with Crippen LogP contribution in [-0.2, 0) is 0 Å². The third-order valence-corrected chi connectivity index (χ3v) is 3.89. The number of rotatable bonds is 9. The highest BCUT2D eigenvalue weighted by atomic mass is 32.2. The topological polar surface area (TPSA) is 41.5 Å². The first-order valence-corrected chi connectivity index (χ1v) is 7.60. The summed E-state index contributed by atoms with van der Waals surface area (Å²) >= 11 is 1.81. The molecule has 0 aliphatic carbocycles. The average molecular weight is 287 g/mol. The monoisotopic (exact) mass is 287 g/mol. The highest BCUT2D eigenvalue weighted by molar-refractivity contribution is 7.99. The molecule has 0 spiro atoms. The Morgan fingerprint density at radius 1 is 1.42 bits per heavy atom. The second-order valence-corrected chi connectivity index (χ2v) is 5.48. The van der Waals surface area contributed by atoms with Gasteiger partial charge in [-0.05, 0) is 36.8 Å². The Kier molecular flexibility index (Phi) is 7.86. The van der Waals surface area contributed by atoms with Crippen molar-refractivity contribution in [1.82, 2.24) is 5.32 Å². The number of thioether (sulfide) groups is 1. The number of halogens is 1. The number of benzene rings is 1. The molecule has 0 aromatic heterocycles. The Morgan fingerprint density at radius 3 is 2.84 bits per heavy atom. The van der Waals surface area contributed by atoms with Crippen LogP contribution in [0.2, 0.25) is 0 Å². The standard InChI is InChI=1S/C14H22FNO2S/c1-11(16-6-9-19-8-3-7-17)12-4-5-14(18-2)13(15)10-12/h4-5,10-11,16-17H,3,6-9H2,1-2H3. The molecule has 0 heterocycles. The third kappa shape index (κ3) is 5.80. The Balaban J connectivity index is 2.33. The minimum atomic E-state index is -0.328. The predicted octanol–water partition coefficient (Wildman–Crippen LogP) is 2.60. The van der Waals surface area contributed by atoms with Crippen LogP contribution >= 0.6 is 11.8 Å². The smallest absolute Gasteiger partial charge is 0.165 e. The van der Waals surface area contributed by atoms with Crippen LogP contribution in [0.15, 0.2) is 18.2 Å². The third-order valence-electron chi connectivity index (χ3n) is 2.82. The second-order valence-electron chi connectivity index (χ2n) is 4.26. The average Bonchev–Trinajstić information content (AvgIpc) is 2.42. The van der Waals surface area contributed by atoms with Gasteiger partial charge in [0.1, 0.15) is 0 Å². The Hall–Kier alpha value is -0.780. The SMILES string of the molecule is COc1ccc(C(C)NCCSCCCO)cc1F. The lowest BCUT2D eigenvalue weighted by atomic mass is 10.1. The van der Waals surface area contributed by atoms with Crippen LogP contribution in [0.1, 0.15) is 24.9 Å². The van der Waals surface area contributed by atoms with E-state index in [2.05, 4.69) is 5.32 Å². The summed E-state index contributed by atoms with van der Waals surface area (Å²) in [5.74, 6) is 1.91. The van der Waals surface area contributed by atoms with Gasteiger partial charge in [-0.15, -0.1) is 0 Å². The van der Waals surface area contributed by atoms with Gasteiger partial charge in [0.2, 0.25) is 0 Å². The van der Waals surface area contributed by atoms with Crippen LogP contribution in [0.3, 0.4) is 0 Å². The van der Waals surface area contributed by atoms with Crippen LogP contribution in [0.5, 0.6) is 5.75 Å². The second kappa shape index (κ2) is 9.18. The number of ether oxygens (including phenoxy) is 1. The minimum absolute atomic E-state index is 0.110. The van der Waals surface area contributed by atoms with Crippen LogP contribution in [0.25, 0.3) is 0 Å². The molecule has 0 amide bonds. The first-order chi connectivity index (χ1) is 9.19. The quantitative estimate of drug-likeness (QED) is 0.685. The number of aliphatic hydroxyl groups excluding tert-OH is 1. The van der Waals surface area contributed by atoms with Crippen LogP contribution in [0, 0.1) is 5.82 Å². The molecule has 2 N–H and O–H groups in total. The van der Waals surface area contributed by atoms with Gasteiger partial charge >= 0.3 is 0 Å². The first-order valence-electron chi connectivity index (χ1n) is 6.44. The molecule has 1 aromatic rings. The lowest BCUT2D eigenvalue weighted by Crippen LogP contribution is -2.21. The summed E-state index contributed by atoms with van der Waals surface area (Å²) in [6, 6.07) is 5.14. The summed E-state index contributed by atoms with van der Waals surface area (Å²) in [5.41, 5.74) is 0.915. The fourth-order valence-electron chi connectivity index (χ4n) is 1.69. The molecular weight excluding hydrogens is 265 g/mol. The lowest BCUT2D eigenvalue weighted by molar-refractivity contribution is 0.296. The van der Waals surface area contributed by atoms with E-state index in [1.165, 1.54) is 13.2 Å². The van der Waals surface area contributed by atoms with Gasteiger partial charge in [-0.1, -0.05) is 6.07 Å². The minimum Gasteiger partial charge on any atom is -0.494 e. The van der Waals surface area contributed by atoms with Gasteiger partial charge in [0, 0.05) is 24.9 Å². The molecule has 5 heteroatoms. The van der Waals surface area contributed by atoms with Crippen molar-refractivity contribution in [2.75, 3.05) is 31.8 Å². The molecule has 3 nitrogen and oxygen atoms in total. The fraction of sp³-hybridized carbons (Fsp3) is 0.571. The van der Waals surface area contributed by atoms with E-state index in [-0.39, 0.29) is 24.2 Å². The van der Waals surface area contributed by atoms with Crippen molar-refractivity contribution in [1.29, 1.82) is 0 Å². The maximum atomic E-state index is 13.6. The zero-order valence-corrected chi connectivity index (χ0v) is 12.3. The number of hydrogen-bond donors (Lipinski definition) is 2. The van der Waals surface area contributed by atoms with E-state index in [4.69, 9.17) is 9.84 Å². The van der Waals surface area contributed by atoms with Gasteiger partial charge in [0.25, 0.3) is 0 Å². The van der Waals surface area contributed by atoms with Gasteiger partial charge < -0.3 is 15.2 Å². The molecule has 1 unspecified atom stereocenters. The zero-order chi connectivity index (χ0) is 14.1. The summed E-state index contributed by atoms with van der Waals surface area (Å²) in [5, 5.41) is 12.0. The van der Waals surface area contributed by atoms with E-state index in [0.29, 0.717) is 0 Å². The highest BCUT2D eigenvalue weighted by Gasteiger charge is 2.08. The summed E-state index contributed by atoms with van der Waals surface area (Å²) in [7, 11) is 1.46. The van der Waals surface area contributed by atoms with Gasteiger partial charge in [0.05, 0.1) is 7.11 Å². The van der Waals surface area contributed by atoms with Crippen LogP contribution in [-0.4, -0.2) is 36.9 Å². The van der Waals surface area contributed by atoms with Gasteiger partial charge in [-0.25, -0.2) is 4.39 Å². The molecule has 108 valence electrons. The summed E-state index contributed by atoms with van der Waals surface area (Å²) < 4.78 is 18.5. The fourth-order valence-corrected chi connectivity index (χ4v) is 2.49. The molecule has 1 rings (SSSR count). The molecule has 1 atom stereocenters. The maximum absolute atomic E-state index is 13.6. The molecule has 0 saturated heterocycles. The number of methoxy groups -OCH3 is 1. The van der Waals surface area contributed by atoms with E-state index in [0.717, 1.165) is 30.0 Å². The molecular formula is C14H22FNO2S. The van der Waals surface area contributed by atoms with Crippen molar-refractivity contribution < 1.29 is 14.2 Å². The molecule has 0 fully saturated rings. The first kappa shape index (κ1) is 16.3. The van der Waals surface area contributed by atoms with Crippen molar-refractivity contribution in [3.63, 3.8) is 0 Å². The van der Waals surface area contributed by atoms with E-state index >= 15 is 0 Å². The summed E-state index contributed by atoms with van der Waals surface area (Å²) in [6.07, 6.45) is 0.837. The van der Waals surface area contributed by atoms with E-state index < -0.39 is 0 Å². The van der Waals surface area contributed by atoms with Gasteiger partial charge in [0.15, 0.2) is 11.6 Å². The largest absolute Gasteiger partial charge is 0.494 e. The van der Waals surface area contributed by atoms with Crippen molar-refractivity contribution >= 4 is 11.8 Å². The van der Waals surface area contributed by atoms with Crippen molar-refractivity contribution in [2.45, 2.75) is 19.4 Å². The Labute approximate surface area is 118 Å². The number of hydrogen-bond acceptors (Lipinski definition) is 4. The summed E-state index contributed by atoms with van der Waals surface area (Å²) in [4.78, 5) is 0. The van der Waals surface area contributed by atoms with E-state index in [1.54, 1.807) is 6.07 Å². The zero-order valence-electron chi connectivity index (χ0n) is 11.5. The van der Waals surface area contributed by atoms with Crippen molar-refractivity contribution in [3.05, 3.63) is 29.6 Å². The molecule has 0 aliphatic heterocycles. The van der Waals surface area contributed by atoms with E-state index in [1.807, 2.05) is 24.8 Å². The molecule has 0 bridgehead atoms. The molecule has 0 aliphatic rings. The Bertz CT molecular complexity index is 376. The lowest BCUT2D eigenvalue weighted by Gasteiger charge is -2.15. The number of aliphatic hydroxyl groups is 1. The molecule has 0 saturated carbocycles. The van der Waals surface area contributed by atoms with Crippen LogP contribution < -0.4 is 10.1 Å². The maximum Gasteiger partial charge on any atom is 0.165 e. The van der Waals surface area contributed by atoms with E-state index in [9.17, 15) is 4.39 Å². The molecule has 19 heavy (non-hydrogen) atoms.